The quantitative estimate of drug-likeness (QED) is 0.629. The molecule has 1 rings (SSSR count). The summed E-state index contributed by atoms with van der Waals surface area (Å²) in [7, 11) is 1.22. The lowest BCUT2D eigenvalue weighted by Crippen LogP contribution is -2.50. The van der Waals surface area contributed by atoms with Crippen LogP contribution in [0.5, 0.6) is 0 Å². The second-order valence-corrected chi connectivity index (χ2v) is 3.92. The van der Waals surface area contributed by atoms with Gasteiger partial charge in [-0.1, -0.05) is 6.07 Å². The summed E-state index contributed by atoms with van der Waals surface area (Å²) in [5.41, 5.74) is -1.29. The van der Waals surface area contributed by atoms with E-state index in [9.17, 15) is 14.0 Å². The zero-order valence-corrected chi connectivity index (χ0v) is 9.78. The number of hydrogen-bond acceptors (Lipinski definition) is 4. The molecule has 0 fully saturated rings. The smallest absolute Gasteiger partial charge is 0.330 e. The van der Waals surface area contributed by atoms with E-state index < -0.39 is 23.4 Å². The molecule has 1 amide bonds. The molecule has 0 bridgehead atoms. The van der Waals surface area contributed by atoms with Crippen LogP contribution in [0, 0.1) is 5.95 Å². The zero-order chi connectivity index (χ0) is 13.1. The number of halogens is 1. The van der Waals surface area contributed by atoms with Gasteiger partial charge >= 0.3 is 5.97 Å². The van der Waals surface area contributed by atoms with E-state index in [-0.39, 0.29) is 5.69 Å². The Bertz CT molecular complexity index is 446. The first kappa shape index (κ1) is 13.1. The van der Waals surface area contributed by atoms with Crippen LogP contribution < -0.4 is 5.32 Å². The van der Waals surface area contributed by atoms with Crippen LogP contribution in [0.1, 0.15) is 24.3 Å². The van der Waals surface area contributed by atoms with Crippen LogP contribution in [0.4, 0.5) is 4.39 Å². The summed E-state index contributed by atoms with van der Waals surface area (Å²) in [6, 6.07) is 3.84. The zero-order valence-electron chi connectivity index (χ0n) is 9.78. The molecule has 0 saturated heterocycles. The molecule has 0 aromatic carbocycles. The third-order valence-corrected chi connectivity index (χ3v) is 2.07. The molecule has 17 heavy (non-hydrogen) atoms. The molecule has 0 spiro atoms. The van der Waals surface area contributed by atoms with Crippen LogP contribution in [-0.4, -0.2) is 29.5 Å². The standard InChI is InChI=1S/C11H13FN2O3/c1-11(2,10(16)17-3)14-9(15)7-5-4-6-8(12)13-7/h4-6H,1-3H3,(H,14,15). The van der Waals surface area contributed by atoms with E-state index in [0.29, 0.717) is 0 Å². The summed E-state index contributed by atoms with van der Waals surface area (Å²) in [4.78, 5) is 26.4. The monoisotopic (exact) mass is 240 g/mol. The highest BCUT2D eigenvalue weighted by atomic mass is 19.1. The predicted octanol–water partition coefficient (Wildman–Crippen LogP) is 0.902. The Morgan fingerprint density at radius 3 is 2.59 bits per heavy atom. The molecular weight excluding hydrogens is 227 g/mol. The predicted molar refractivity (Wildman–Crippen MR) is 57.8 cm³/mol. The van der Waals surface area contributed by atoms with Crippen LogP contribution in [0.2, 0.25) is 0 Å². The number of carbonyl (C=O) groups excluding carboxylic acids is 2. The molecule has 6 heteroatoms. The topological polar surface area (TPSA) is 68.3 Å². The second kappa shape index (κ2) is 4.90. The fraction of sp³-hybridized carbons (Fsp3) is 0.364. The van der Waals surface area contributed by atoms with Gasteiger partial charge in [0.2, 0.25) is 5.95 Å². The van der Waals surface area contributed by atoms with Gasteiger partial charge in [-0.05, 0) is 26.0 Å². The molecule has 0 atom stereocenters. The molecule has 5 nitrogen and oxygen atoms in total. The maximum Gasteiger partial charge on any atom is 0.330 e. The molecule has 0 saturated carbocycles. The van der Waals surface area contributed by atoms with Gasteiger partial charge in [-0.3, -0.25) is 4.79 Å². The summed E-state index contributed by atoms with van der Waals surface area (Å²) in [5, 5.41) is 2.41. The highest BCUT2D eigenvalue weighted by Crippen LogP contribution is 2.06. The van der Waals surface area contributed by atoms with Crippen LogP contribution in [0.3, 0.4) is 0 Å². The van der Waals surface area contributed by atoms with Crippen molar-refractivity contribution < 1.29 is 18.7 Å². The minimum absolute atomic E-state index is 0.0954. The van der Waals surface area contributed by atoms with Gasteiger partial charge < -0.3 is 10.1 Å². The number of pyridine rings is 1. The number of amides is 1. The van der Waals surface area contributed by atoms with E-state index in [0.717, 1.165) is 6.07 Å². The Morgan fingerprint density at radius 1 is 1.41 bits per heavy atom. The SMILES string of the molecule is COC(=O)C(C)(C)NC(=O)c1cccc(F)n1. The van der Waals surface area contributed by atoms with Gasteiger partial charge in [-0.2, -0.15) is 4.39 Å². The molecular formula is C11H13FN2O3. The van der Waals surface area contributed by atoms with Gasteiger partial charge in [-0.15, -0.1) is 0 Å². The van der Waals surface area contributed by atoms with E-state index in [1.165, 1.54) is 33.1 Å². The second-order valence-electron chi connectivity index (χ2n) is 3.92. The van der Waals surface area contributed by atoms with Crippen molar-refractivity contribution in [2.24, 2.45) is 0 Å². The number of ether oxygens (including phenoxy) is 1. The molecule has 1 aromatic heterocycles. The molecule has 92 valence electrons. The summed E-state index contributed by atoms with van der Waals surface area (Å²) >= 11 is 0. The van der Waals surface area contributed by atoms with Gasteiger partial charge in [-0.25, -0.2) is 9.78 Å². The van der Waals surface area contributed by atoms with Crippen molar-refractivity contribution in [2.45, 2.75) is 19.4 Å². The lowest BCUT2D eigenvalue weighted by atomic mass is 10.1. The first-order valence-electron chi connectivity index (χ1n) is 4.90. The average molecular weight is 240 g/mol. The van der Waals surface area contributed by atoms with Crippen molar-refractivity contribution >= 4 is 11.9 Å². The summed E-state index contributed by atoms with van der Waals surface area (Å²) in [5.74, 6) is -1.99. The van der Waals surface area contributed by atoms with E-state index in [1.807, 2.05) is 0 Å². The van der Waals surface area contributed by atoms with Crippen molar-refractivity contribution in [3.05, 3.63) is 29.8 Å². The van der Waals surface area contributed by atoms with E-state index in [1.54, 1.807) is 0 Å². The summed E-state index contributed by atoms with van der Waals surface area (Å²) < 4.78 is 17.3. The van der Waals surface area contributed by atoms with Gasteiger partial charge in [0, 0.05) is 0 Å². The number of aromatic nitrogens is 1. The van der Waals surface area contributed by atoms with Gasteiger partial charge in [0.15, 0.2) is 0 Å². The maximum absolute atomic E-state index is 12.8. The van der Waals surface area contributed by atoms with Crippen molar-refractivity contribution in [1.82, 2.24) is 10.3 Å². The molecule has 0 unspecified atom stereocenters. The largest absolute Gasteiger partial charge is 0.467 e. The third-order valence-electron chi connectivity index (χ3n) is 2.07. The molecule has 0 aliphatic heterocycles. The summed E-state index contributed by atoms with van der Waals surface area (Å²) in [6.07, 6.45) is 0. The van der Waals surface area contributed by atoms with Crippen LogP contribution in [0.25, 0.3) is 0 Å². The Labute approximate surface area is 98.0 Å². The fourth-order valence-corrected chi connectivity index (χ4v) is 1.19. The normalized spacial score (nSPS) is 10.8. The van der Waals surface area contributed by atoms with Crippen molar-refractivity contribution in [2.75, 3.05) is 7.11 Å². The number of carbonyl (C=O) groups is 2. The van der Waals surface area contributed by atoms with Gasteiger partial charge in [0.05, 0.1) is 7.11 Å². The minimum Gasteiger partial charge on any atom is -0.467 e. The van der Waals surface area contributed by atoms with E-state index >= 15 is 0 Å². The molecule has 1 heterocycles. The highest BCUT2D eigenvalue weighted by molar-refractivity contribution is 5.96. The number of esters is 1. The van der Waals surface area contributed by atoms with Crippen molar-refractivity contribution in [1.29, 1.82) is 0 Å². The van der Waals surface area contributed by atoms with Crippen LogP contribution in [-0.2, 0) is 9.53 Å². The Kier molecular flexibility index (Phi) is 3.77. The first-order valence-corrected chi connectivity index (χ1v) is 4.90. The average Bonchev–Trinajstić information content (AvgIpc) is 2.27. The summed E-state index contributed by atoms with van der Waals surface area (Å²) in [6.45, 7) is 2.96. The molecule has 0 aliphatic rings. The lowest BCUT2D eigenvalue weighted by molar-refractivity contribution is -0.146. The number of methoxy groups -OCH3 is 1. The van der Waals surface area contributed by atoms with E-state index in [4.69, 9.17) is 0 Å². The number of hydrogen-bond donors (Lipinski definition) is 1. The maximum atomic E-state index is 12.8. The third kappa shape index (κ3) is 3.24. The Morgan fingerprint density at radius 2 is 2.06 bits per heavy atom. The molecule has 0 radical (unpaired) electrons. The number of nitrogens with one attached hydrogen (secondary N) is 1. The molecule has 1 aromatic rings. The van der Waals surface area contributed by atoms with Crippen LogP contribution in [0.15, 0.2) is 18.2 Å². The fourth-order valence-electron chi connectivity index (χ4n) is 1.19. The number of nitrogens with zero attached hydrogens (tertiary/aromatic N) is 1. The minimum atomic E-state index is -1.19. The van der Waals surface area contributed by atoms with Gasteiger partial charge in [0.1, 0.15) is 11.2 Å². The molecule has 0 aliphatic carbocycles. The van der Waals surface area contributed by atoms with Gasteiger partial charge in [0.25, 0.3) is 5.91 Å². The Balaban J connectivity index is 2.83. The van der Waals surface area contributed by atoms with Crippen molar-refractivity contribution in [3.63, 3.8) is 0 Å². The highest BCUT2D eigenvalue weighted by Gasteiger charge is 2.31. The van der Waals surface area contributed by atoms with E-state index in [2.05, 4.69) is 15.0 Å². The number of rotatable bonds is 3. The Hall–Kier alpha value is -1.98. The first-order chi connectivity index (χ1) is 7.86. The van der Waals surface area contributed by atoms with Crippen LogP contribution >= 0.6 is 0 Å². The van der Waals surface area contributed by atoms with Crippen molar-refractivity contribution in [3.8, 4) is 0 Å². The lowest BCUT2D eigenvalue weighted by Gasteiger charge is -2.22. The molecule has 1 N–H and O–H groups in total.